The van der Waals surface area contributed by atoms with E-state index in [1.54, 1.807) is 0 Å². The van der Waals surface area contributed by atoms with E-state index in [0.717, 1.165) is 6.07 Å². The Morgan fingerprint density at radius 1 is 0.933 bits per heavy atom. The zero-order chi connectivity index (χ0) is 31.7. The van der Waals surface area contributed by atoms with Crippen molar-refractivity contribution < 1.29 is 31.5 Å². The van der Waals surface area contributed by atoms with Crippen molar-refractivity contribution in [1.82, 2.24) is 24.8 Å². The Balaban J connectivity index is 1.27. The topological polar surface area (TPSA) is 112 Å². The maximum absolute atomic E-state index is 15.1. The lowest BCUT2D eigenvalue weighted by atomic mass is 10.1. The van der Waals surface area contributed by atoms with Gasteiger partial charge in [-0.1, -0.05) is 0 Å². The summed E-state index contributed by atoms with van der Waals surface area (Å²) in [6.45, 7) is 3.90. The second kappa shape index (κ2) is 12.4. The molecule has 2 aliphatic heterocycles. The van der Waals surface area contributed by atoms with Gasteiger partial charge in [-0.15, -0.1) is 0 Å². The largest absolute Gasteiger partial charge is 0.419 e. The number of aromatic nitrogens is 4. The maximum atomic E-state index is 15.1. The van der Waals surface area contributed by atoms with Crippen molar-refractivity contribution in [3.63, 3.8) is 0 Å². The predicted octanol–water partition coefficient (Wildman–Crippen LogP) is 4.30. The van der Waals surface area contributed by atoms with E-state index in [2.05, 4.69) is 30.6 Å². The fraction of sp³-hybridized carbons (Fsp3) is 0.345. The van der Waals surface area contributed by atoms with Gasteiger partial charge in [-0.2, -0.15) is 13.2 Å². The predicted molar refractivity (Wildman–Crippen MR) is 157 cm³/mol. The van der Waals surface area contributed by atoms with E-state index in [1.807, 2.05) is 16.8 Å². The number of benzene rings is 2. The standard InChI is InChI=1S/C29H28F5N9O2/c1-41-4-6-42(7-5-41)23-14-18(13-19(24(23)31)29(32,33)34)38-27(44)17-2-3-20(30)21(12-17)39-26-25-22(36-16-37-26)15-35-28(40-25)43-8-10-45-11-9-43/h2-3,12-16H,4-11H2,1H3,(H,38,44)(H,36,37,39). The summed E-state index contributed by atoms with van der Waals surface area (Å²) in [5.74, 6) is -2.38. The Morgan fingerprint density at radius 2 is 1.69 bits per heavy atom. The molecule has 236 valence electrons. The van der Waals surface area contributed by atoms with Crippen LogP contribution < -0.4 is 20.4 Å². The highest BCUT2D eigenvalue weighted by atomic mass is 19.4. The summed E-state index contributed by atoms with van der Waals surface area (Å²) < 4.78 is 76.8. The van der Waals surface area contributed by atoms with E-state index in [-0.39, 0.29) is 28.4 Å². The molecule has 2 aromatic carbocycles. The minimum absolute atomic E-state index is 0.0695. The number of piperazine rings is 1. The highest BCUT2D eigenvalue weighted by Crippen LogP contribution is 2.38. The smallest absolute Gasteiger partial charge is 0.378 e. The number of hydrogen-bond donors (Lipinski definition) is 2. The molecule has 4 heterocycles. The van der Waals surface area contributed by atoms with Gasteiger partial charge in [-0.3, -0.25) is 4.79 Å². The van der Waals surface area contributed by atoms with Crippen LogP contribution in [0.5, 0.6) is 0 Å². The van der Waals surface area contributed by atoms with Gasteiger partial charge in [-0.05, 0) is 37.4 Å². The first-order valence-electron chi connectivity index (χ1n) is 14.1. The molecular formula is C29H28F5N9O2. The Kier molecular flexibility index (Phi) is 8.33. The minimum Gasteiger partial charge on any atom is -0.378 e. The second-order valence-electron chi connectivity index (χ2n) is 10.6. The SMILES string of the molecule is CN1CCN(c2cc(NC(=O)c3ccc(F)c(Nc4ncnc5cnc(N6CCOCC6)nc45)c3)cc(C(F)(F)F)c2F)CC1. The monoisotopic (exact) mass is 629 g/mol. The summed E-state index contributed by atoms with van der Waals surface area (Å²) in [4.78, 5) is 35.9. The fourth-order valence-electron chi connectivity index (χ4n) is 5.11. The molecule has 0 unspecified atom stereocenters. The molecule has 11 nitrogen and oxygen atoms in total. The molecule has 6 rings (SSSR count). The number of carbonyl (C=O) groups is 1. The van der Waals surface area contributed by atoms with Crippen LogP contribution >= 0.6 is 0 Å². The van der Waals surface area contributed by atoms with Crippen molar-refractivity contribution in [1.29, 1.82) is 0 Å². The van der Waals surface area contributed by atoms with Crippen LogP contribution in [-0.2, 0) is 10.9 Å². The Bertz CT molecular complexity index is 1720. The molecule has 0 bridgehead atoms. The van der Waals surface area contributed by atoms with Crippen molar-refractivity contribution in [3.8, 4) is 0 Å². The van der Waals surface area contributed by atoms with Gasteiger partial charge in [0.25, 0.3) is 5.91 Å². The summed E-state index contributed by atoms with van der Waals surface area (Å²) >= 11 is 0. The number of rotatable bonds is 6. The molecule has 1 amide bonds. The second-order valence-corrected chi connectivity index (χ2v) is 10.6. The molecule has 0 saturated carbocycles. The summed E-state index contributed by atoms with van der Waals surface area (Å²) in [5.41, 5.74) is -1.51. The lowest BCUT2D eigenvalue weighted by molar-refractivity contribution is -0.139. The molecule has 2 fully saturated rings. The number of amides is 1. The minimum atomic E-state index is -5.00. The zero-order valence-electron chi connectivity index (χ0n) is 24.0. The number of anilines is 5. The van der Waals surface area contributed by atoms with Crippen molar-refractivity contribution in [2.24, 2.45) is 0 Å². The molecule has 2 aliphatic rings. The van der Waals surface area contributed by atoms with Gasteiger partial charge in [0.05, 0.1) is 36.3 Å². The van der Waals surface area contributed by atoms with E-state index in [0.29, 0.717) is 75.5 Å². The molecular weight excluding hydrogens is 601 g/mol. The Hall–Kier alpha value is -4.70. The van der Waals surface area contributed by atoms with Crippen LogP contribution in [0.4, 0.5) is 50.8 Å². The molecule has 0 spiro atoms. The lowest BCUT2D eigenvalue weighted by Crippen LogP contribution is -2.45. The normalized spacial score (nSPS) is 16.2. The van der Waals surface area contributed by atoms with Gasteiger partial charge >= 0.3 is 6.18 Å². The number of nitrogens with one attached hydrogen (secondary N) is 2. The van der Waals surface area contributed by atoms with Gasteiger partial charge in [-0.25, -0.2) is 28.7 Å². The quantitative estimate of drug-likeness (QED) is 0.300. The van der Waals surface area contributed by atoms with Crippen LogP contribution in [0.15, 0.2) is 42.9 Å². The maximum Gasteiger partial charge on any atom is 0.419 e. The zero-order valence-corrected chi connectivity index (χ0v) is 24.0. The molecule has 16 heteroatoms. The first-order valence-corrected chi connectivity index (χ1v) is 14.1. The van der Waals surface area contributed by atoms with Crippen LogP contribution in [0, 0.1) is 11.6 Å². The highest BCUT2D eigenvalue weighted by Gasteiger charge is 2.37. The van der Waals surface area contributed by atoms with Crippen molar-refractivity contribution >= 4 is 45.8 Å². The number of nitrogens with zero attached hydrogens (tertiary/aromatic N) is 7. The fourth-order valence-corrected chi connectivity index (χ4v) is 5.11. The Labute approximate surface area is 254 Å². The molecule has 4 aromatic rings. The number of ether oxygens (including phenoxy) is 1. The number of halogens is 5. The van der Waals surface area contributed by atoms with Crippen LogP contribution in [0.25, 0.3) is 11.0 Å². The Morgan fingerprint density at radius 3 is 2.42 bits per heavy atom. The van der Waals surface area contributed by atoms with Gasteiger partial charge < -0.3 is 30.1 Å². The number of likely N-dealkylation sites (N-methyl/N-ethyl adjacent to an activating group) is 1. The lowest BCUT2D eigenvalue weighted by Gasteiger charge is -2.34. The van der Waals surface area contributed by atoms with E-state index in [9.17, 15) is 22.4 Å². The average molecular weight is 630 g/mol. The summed E-state index contributed by atoms with van der Waals surface area (Å²) in [6.07, 6.45) is -2.22. The average Bonchev–Trinajstić information content (AvgIpc) is 3.03. The molecule has 45 heavy (non-hydrogen) atoms. The first-order chi connectivity index (χ1) is 21.6. The molecule has 2 aromatic heterocycles. The van der Waals surface area contributed by atoms with Crippen molar-refractivity contribution in [2.45, 2.75) is 6.18 Å². The van der Waals surface area contributed by atoms with E-state index in [4.69, 9.17) is 4.74 Å². The third kappa shape index (κ3) is 6.56. The number of morpholine rings is 1. The summed E-state index contributed by atoms with van der Waals surface area (Å²) in [5, 5.41) is 5.26. The molecule has 0 atom stereocenters. The number of carbonyl (C=O) groups excluding carboxylic acids is 1. The number of alkyl halides is 3. The van der Waals surface area contributed by atoms with Crippen molar-refractivity contribution in [3.05, 3.63) is 65.6 Å². The first kappa shape index (κ1) is 30.3. The van der Waals surface area contributed by atoms with Gasteiger partial charge in [0.15, 0.2) is 11.6 Å². The third-order valence-electron chi connectivity index (χ3n) is 7.60. The number of hydrogen-bond acceptors (Lipinski definition) is 10. The summed E-state index contributed by atoms with van der Waals surface area (Å²) in [6, 6.07) is 5.14. The van der Waals surface area contributed by atoms with Crippen LogP contribution in [0.1, 0.15) is 15.9 Å². The molecule has 2 saturated heterocycles. The van der Waals surface area contributed by atoms with Gasteiger partial charge in [0, 0.05) is 50.5 Å². The van der Waals surface area contributed by atoms with E-state index < -0.39 is 29.3 Å². The van der Waals surface area contributed by atoms with Gasteiger partial charge in [0.2, 0.25) is 5.95 Å². The highest BCUT2D eigenvalue weighted by molar-refractivity contribution is 6.05. The number of fused-ring (bicyclic) bond motifs is 1. The molecule has 2 N–H and O–H groups in total. The van der Waals surface area contributed by atoms with Crippen LogP contribution in [0.2, 0.25) is 0 Å². The van der Waals surface area contributed by atoms with Crippen molar-refractivity contribution in [2.75, 3.05) is 80.0 Å². The summed E-state index contributed by atoms with van der Waals surface area (Å²) in [7, 11) is 1.86. The molecule has 0 radical (unpaired) electrons. The van der Waals surface area contributed by atoms with Gasteiger partial charge in [0.1, 0.15) is 23.2 Å². The van der Waals surface area contributed by atoms with E-state index >= 15 is 4.39 Å². The van der Waals surface area contributed by atoms with Crippen LogP contribution in [0.3, 0.4) is 0 Å². The van der Waals surface area contributed by atoms with E-state index in [1.165, 1.54) is 35.6 Å². The van der Waals surface area contributed by atoms with Crippen LogP contribution in [-0.4, -0.2) is 90.3 Å². The molecule has 0 aliphatic carbocycles. The third-order valence-corrected chi connectivity index (χ3v) is 7.60.